The van der Waals surface area contributed by atoms with Gasteiger partial charge in [-0.25, -0.2) is 0 Å². The van der Waals surface area contributed by atoms with E-state index >= 15 is 0 Å². The molecule has 5 heteroatoms. The summed E-state index contributed by atoms with van der Waals surface area (Å²) in [4.78, 5) is 0.362. The first-order chi connectivity index (χ1) is 5.91. The predicted octanol–water partition coefficient (Wildman–Crippen LogP) is 2.64. The molecule has 0 aromatic heterocycles. The third kappa shape index (κ3) is 2.83. The number of hydrogen-bond donors (Lipinski definition) is 1. The van der Waals surface area contributed by atoms with E-state index in [1.54, 1.807) is 0 Å². The molecule has 0 spiro atoms. The van der Waals surface area contributed by atoms with Crippen molar-refractivity contribution < 1.29 is 13.2 Å². The van der Waals surface area contributed by atoms with Crippen LogP contribution in [0.2, 0.25) is 0 Å². The molecule has 0 heterocycles. The van der Waals surface area contributed by atoms with E-state index in [1.165, 1.54) is 0 Å². The van der Waals surface area contributed by atoms with E-state index in [1.807, 2.05) is 0 Å². The highest BCUT2D eigenvalue weighted by molar-refractivity contribution is 7.80. The topological polar surface area (TPSA) is 26.0 Å². The lowest BCUT2D eigenvalue weighted by molar-refractivity contribution is -0.182. The molecule has 0 aromatic rings. The van der Waals surface area contributed by atoms with Crippen molar-refractivity contribution in [2.75, 3.05) is 0 Å². The van der Waals surface area contributed by atoms with E-state index in [4.69, 9.17) is 18.0 Å². The molecule has 1 aliphatic rings. The van der Waals surface area contributed by atoms with Crippen molar-refractivity contribution in [1.82, 2.24) is 0 Å². The first-order valence-electron chi connectivity index (χ1n) is 4.27. The monoisotopic (exact) mass is 211 g/mol. The van der Waals surface area contributed by atoms with Gasteiger partial charge in [-0.2, -0.15) is 13.2 Å². The van der Waals surface area contributed by atoms with Gasteiger partial charge in [0, 0.05) is 5.92 Å². The normalized spacial score (nSPS) is 30.1. The fourth-order valence-corrected chi connectivity index (χ4v) is 1.94. The molecule has 0 atom stereocenters. The standard InChI is InChI=1S/C8H12F3NS/c9-8(10,11)6-3-1-5(2-4-6)7(12)13/h5-6H,1-4H2,(H2,12,13)/t5-,6-. The minimum Gasteiger partial charge on any atom is -0.393 e. The molecule has 1 fully saturated rings. The molecule has 13 heavy (non-hydrogen) atoms. The third-order valence-electron chi connectivity index (χ3n) is 2.59. The minimum atomic E-state index is -4.04. The fourth-order valence-electron chi connectivity index (χ4n) is 1.71. The Morgan fingerprint density at radius 1 is 1.15 bits per heavy atom. The van der Waals surface area contributed by atoms with Gasteiger partial charge in [-0.05, 0) is 25.7 Å². The molecule has 2 N–H and O–H groups in total. The van der Waals surface area contributed by atoms with E-state index < -0.39 is 12.1 Å². The molecule has 1 saturated carbocycles. The van der Waals surface area contributed by atoms with Gasteiger partial charge < -0.3 is 5.73 Å². The molecule has 0 aromatic carbocycles. The average molecular weight is 211 g/mol. The van der Waals surface area contributed by atoms with Crippen LogP contribution >= 0.6 is 12.2 Å². The molecule has 76 valence electrons. The van der Waals surface area contributed by atoms with Crippen LogP contribution in [0.5, 0.6) is 0 Å². The lowest BCUT2D eigenvalue weighted by Crippen LogP contribution is -2.32. The fraction of sp³-hybridized carbons (Fsp3) is 0.875. The van der Waals surface area contributed by atoms with E-state index in [0.29, 0.717) is 17.8 Å². The van der Waals surface area contributed by atoms with Gasteiger partial charge in [0.25, 0.3) is 0 Å². The number of alkyl halides is 3. The molecular weight excluding hydrogens is 199 g/mol. The summed E-state index contributed by atoms with van der Waals surface area (Å²) in [5.74, 6) is -1.12. The molecule has 1 nitrogen and oxygen atoms in total. The highest BCUT2D eigenvalue weighted by Crippen LogP contribution is 2.39. The Morgan fingerprint density at radius 2 is 1.62 bits per heavy atom. The maximum Gasteiger partial charge on any atom is 0.391 e. The van der Waals surface area contributed by atoms with Crippen LogP contribution in [-0.2, 0) is 0 Å². The van der Waals surface area contributed by atoms with Gasteiger partial charge in [0.1, 0.15) is 0 Å². The predicted molar refractivity (Wildman–Crippen MR) is 48.3 cm³/mol. The molecule has 0 aliphatic heterocycles. The molecule has 0 amide bonds. The highest BCUT2D eigenvalue weighted by Gasteiger charge is 2.41. The first-order valence-corrected chi connectivity index (χ1v) is 4.68. The Morgan fingerprint density at radius 3 is 1.92 bits per heavy atom. The molecule has 0 radical (unpaired) electrons. The zero-order valence-electron chi connectivity index (χ0n) is 7.10. The second-order valence-corrected chi connectivity index (χ2v) is 3.96. The molecule has 0 saturated heterocycles. The number of rotatable bonds is 1. The van der Waals surface area contributed by atoms with E-state index in [9.17, 15) is 13.2 Å². The van der Waals surface area contributed by atoms with Gasteiger partial charge in [-0.3, -0.25) is 0 Å². The van der Waals surface area contributed by atoms with Gasteiger partial charge in [0.15, 0.2) is 0 Å². The van der Waals surface area contributed by atoms with Crippen molar-refractivity contribution in [1.29, 1.82) is 0 Å². The van der Waals surface area contributed by atoms with Crippen LogP contribution in [0.4, 0.5) is 13.2 Å². The molecule has 1 aliphatic carbocycles. The Labute approximate surface area is 80.5 Å². The van der Waals surface area contributed by atoms with Crippen LogP contribution in [-0.4, -0.2) is 11.2 Å². The summed E-state index contributed by atoms with van der Waals surface area (Å²) in [6.45, 7) is 0. The summed E-state index contributed by atoms with van der Waals surface area (Å²) in [6, 6.07) is 0. The van der Waals surface area contributed by atoms with Crippen molar-refractivity contribution in [3.63, 3.8) is 0 Å². The molecular formula is C8H12F3NS. The van der Waals surface area contributed by atoms with Crippen LogP contribution in [0.1, 0.15) is 25.7 Å². The Bertz CT molecular complexity index is 194. The van der Waals surface area contributed by atoms with Gasteiger partial charge >= 0.3 is 6.18 Å². The Hall–Kier alpha value is -0.320. The molecule has 1 rings (SSSR count). The Balaban J connectivity index is 2.44. The van der Waals surface area contributed by atoms with E-state index in [2.05, 4.69) is 0 Å². The Kier molecular flexibility index (Phi) is 3.16. The third-order valence-corrected chi connectivity index (χ3v) is 2.93. The van der Waals surface area contributed by atoms with E-state index in [0.717, 1.165) is 0 Å². The van der Waals surface area contributed by atoms with E-state index in [-0.39, 0.29) is 18.8 Å². The number of halogens is 3. The largest absolute Gasteiger partial charge is 0.393 e. The quantitative estimate of drug-likeness (QED) is 0.675. The average Bonchev–Trinajstić information content (AvgIpc) is 2.03. The van der Waals surface area contributed by atoms with Gasteiger partial charge in [0.2, 0.25) is 0 Å². The summed E-state index contributed by atoms with van der Waals surface area (Å²) in [7, 11) is 0. The van der Waals surface area contributed by atoms with Crippen molar-refractivity contribution in [3.8, 4) is 0 Å². The maximum absolute atomic E-state index is 12.2. The van der Waals surface area contributed by atoms with Gasteiger partial charge in [-0.15, -0.1) is 0 Å². The van der Waals surface area contributed by atoms with Crippen LogP contribution in [0.15, 0.2) is 0 Å². The zero-order valence-corrected chi connectivity index (χ0v) is 7.92. The summed E-state index contributed by atoms with van der Waals surface area (Å²) in [5.41, 5.74) is 5.37. The SMILES string of the molecule is NC(=S)[C@H]1CC[C@H](C(F)(F)F)CC1. The van der Waals surface area contributed by atoms with Crippen molar-refractivity contribution in [2.45, 2.75) is 31.9 Å². The second-order valence-electron chi connectivity index (χ2n) is 3.49. The maximum atomic E-state index is 12.2. The molecule has 0 unspecified atom stereocenters. The second kappa shape index (κ2) is 3.82. The molecule has 0 bridgehead atoms. The highest BCUT2D eigenvalue weighted by atomic mass is 32.1. The van der Waals surface area contributed by atoms with Crippen LogP contribution < -0.4 is 5.73 Å². The van der Waals surface area contributed by atoms with Gasteiger partial charge in [-0.1, -0.05) is 12.2 Å². The number of hydrogen-bond acceptors (Lipinski definition) is 1. The first kappa shape index (κ1) is 10.8. The summed E-state index contributed by atoms with van der Waals surface area (Å²) >= 11 is 4.74. The van der Waals surface area contributed by atoms with Crippen molar-refractivity contribution >= 4 is 17.2 Å². The van der Waals surface area contributed by atoms with Gasteiger partial charge in [0.05, 0.1) is 10.9 Å². The summed E-state index contributed by atoms with van der Waals surface area (Å²) < 4.78 is 36.6. The van der Waals surface area contributed by atoms with Crippen LogP contribution in [0, 0.1) is 11.8 Å². The number of nitrogens with two attached hydrogens (primary N) is 1. The smallest absolute Gasteiger partial charge is 0.391 e. The zero-order chi connectivity index (χ0) is 10.1. The minimum absolute atomic E-state index is 0.0219. The lowest BCUT2D eigenvalue weighted by atomic mass is 9.82. The van der Waals surface area contributed by atoms with Crippen LogP contribution in [0.3, 0.4) is 0 Å². The number of thiocarbonyl (C=S) groups is 1. The summed E-state index contributed by atoms with van der Waals surface area (Å²) in [5, 5.41) is 0. The van der Waals surface area contributed by atoms with Crippen LogP contribution in [0.25, 0.3) is 0 Å². The van der Waals surface area contributed by atoms with Crippen molar-refractivity contribution in [3.05, 3.63) is 0 Å². The lowest BCUT2D eigenvalue weighted by Gasteiger charge is -2.29. The van der Waals surface area contributed by atoms with Crippen molar-refractivity contribution in [2.24, 2.45) is 17.6 Å². The summed E-state index contributed by atoms with van der Waals surface area (Å²) in [6.07, 6.45) is -2.72.